The first-order chi connectivity index (χ1) is 6.72. The molecule has 14 heavy (non-hydrogen) atoms. The first-order valence-corrected chi connectivity index (χ1v) is 6.85. The lowest BCUT2D eigenvalue weighted by Gasteiger charge is -2.40. The van der Waals surface area contributed by atoms with Crippen LogP contribution < -0.4 is 5.73 Å². The van der Waals surface area contributed by atoms with Gasteiger partial charge in [0.05, 0.1) is 0 Å². The fraction of sp³-hybridized carbons (Fsp3) is 1.00. The largest absolute Gasteiger partial charge is 0.329 e. The SMILES string of the molecule is CCN(C1CC1)C1(CN)CSC(C)C1. The summed E-state index contributed by atoms with van der Waals surface area (Å²) in [6.45, 7) is 6.63. The highest BCUT2D eigenvalue weighted by Gasteiger charge is 2.46. The third-order valence-electron chi connectivity index (χ3n) is 3.62. The molecule has 0 aromatic heterocycles. The molecular weight excluding hydrogens is 192 g/mol. The molecule has 0 spiro atoms. The maximum absolute atomic E-state index is 6.02. The minimum atomic E-state index is 0.333. The van der Waals surface area contributed by atoms with Gasteiger partial charge in [0, 0.05) is 29.1 Å². The molecule has 1 saturated heterocycles. The average Bonchev–Trinajstić information content (AvgIpc) is 2.93. The topological polar surface area (TPSA) is 29.3 Å². The lowest BCUT2D eigenvalue weighted by molar-refractivity contribution is 0.110. The van der Waals surface area contributed by atoms with Crippen molar-refractivity contribution in [2.24, 2.45) is 5.73 Å². The molecule has 0 aromatic carbocycles. The van der Waals surface area contributed by atoms with Crippen molar-refractivity contribution in [3.05, 3.63) is 0 Å². The molecule has 2 aliphatic rings. The smallest absolute Gasteiger partial charge is 0.0435 e. The summed E-state index contributed by atoms with van der Waals surface area (Å²) in [5.41, 5.74) is 6.35. The zero-order valence-electron chi connectivity index (χ0n) is 9.33. The van der Waals surface area contributed by atoms with Crippen LogP contribution in [0.2, 0.25) is 0 Å². The van der Waals surface area contributed by atoms with Gasteiger partial charge in [0.15, 0.2) is 0 Å². The monoisotopic (exact) mass is 214 g/mol. The summed E-state index contributed by atoms with van der Waals surface area (Å²) >= 11 is 2.10. The zero-order valence-corrected chi connectivity index (χ0v) is 10.1. The Labute approximate surface area is 91.6 Å². The zero-order chi connectivity index (χ0) is 10.2. The molecule has 0 aromatic rings. The van der Waals surface area contributed by atoms with Gasteiger partial charge in [-0.25, -0.2) is 0 Å². The Hall–Kier alpha value is 0.270. The van der Waals surface area contributed by atoms with Crippen LogP contribution in [-0.2, 0) is 0 Å². The van der Waals surface area contributed by atoms with Gasteiger partial charge in [-0.3, -0.25) is 4.90 Å². The van der Waals surface area contributed by atoms with E-state index in [0.29, 0.717) is 5.54 Å². The van der Waals surface area contributed by atoms with Gasteiger partial charge < -0.3 is 5.73 Å². The summed E-state index contributed by atoms with van der Waals surface area (Å²) in [6, 6.07) is 0.856. The van der Waals surface area contributed by atoms with Crippen LogP contribution >= 0.6 is 11.8 Å². The van der Waals surface area contributed by atoms with E-state index in [1.165, 1.54) is 31.6 Å². The molecule has 3 heteroatoms. The van der Waals surface area contributed by atoms with E-state index in [0.717, 1.165) is 17.8 Å². The van der Waals surface area contributed by atoms with Crippen LogP contribution in [0.4, 0.5) is 0 Å². The van der Waals surface area contributed by atoms with E-state index in [4.69, 9.17) is 5.73 Å². The predicted octanol–water partition coefficient (Wildman–Crippen LogP) is 1.69. The Morgan fingerprint density at radius 2 is 2.21 bits per heavy atom. The highest BCUT2D eigenvalue weighted by atomic mass is 32.2. The molecule has 82 valence electrons. The maximum Gasteiger partial charge on any atom is 0.0435 e. The second-order valence-corrected chi connectivity index (χ2v) is 6.20. The fourth-order valence-corrected chi connectivity index (χ4v) is 4.20. The minimum absolute atomic E-state index is 0.333. The van der Waals surface area contributed by atoms with Crippen molar-refractivity contribution in [1.29, 1.82) is 0 Å². The molecule has 2 rings (SSSR count). The van der Waals surface area contributed by atoms with Crippen LogP contribution in [0.15, 0.2) is 0 Å². The Morgan fingerprint density at radius 3 is 2.57 bits per heavy atom. The highest BCUT2D eigenvalue weighted by molar-refractivity contribution is 8.00. The summed E-state index contributed by atoms with van der Waals surface area (Å²) in [6.07, 6.45) is 4.09. The molecule has 1 aliphatic carbocycles. The molecule has 1 heterocycles. The number of nitrogens with zero attached hydrogens (tertiary/aromatic N) is 1. The van der Waals surface area contributed by atoms with Crippen molar-refractivity contribution in [1.82, 2.24) is 4.90 Å². The molecule has 2 unspecified atom stereocenters. The molecule has 0 bridgehead atoms. The third kappa shape index (κ3) is 1.82. The number of hydrogen-bond donors (Lipinski definition) is 1. The molecule has 0 amide bonds. The maximum atomic E-state index is 6.02. The van der Waals surface area contributed by atoms with Crippen LogP contribution in [0, 0.1) is 0 Å². The predicted molar refractivity (Wildman–Crippen MR) is 63.7 cm³/mol. The van der Waals surface area contributed by atoms with Gasteiger partial charge in [-0.15, -0.1) is 0 Å². The Kier molecular flexibility index (Phi) is 3.10. The first kappa shape index (κ1) is 10.8. The number of rotatable bonds is 4. The van der Waals surface area contributed by atoms with E-state index >= 15 is 0 Å². The summed E-state index contributed by atoms with van der Waals surface area (Å²) < 4.78 is 0. The highest BCUT2D eigenvalue weighted by Crippen LogP contribution is 2.42. The molecule has 2 nitrogen and oxygen atoms in total. The van der Waals surface area contributed by atoms with Crippen molar-refractivity contribution < 1.29 is 0 Å². The summed E-state index contributed by atoms with van der Waals surface area (Å²) in [4.78, 5) is 2.68. The number of likely N-dealkylation sites (N-methyl/N-ethyl adjacent to an activating group) is 1. The van der Waals surface area contributed by atoms with Gasteiger partial charge >= 0.3 is 0 Å². The molecule has 2 N–H and O–H groups in total. The van der Waals surface area contributed by atoms with Gasteiger partial charge in [-0.2, -0.15) is 11.8 Å². The summed E-state index contributed by atoms with van der Waals surface area (Å²) in [5.74, 6) is 1.25. The van der Waals surface area contributed by atoms with Crippen molar-refractivity contribution in [2.45, 2.75) is 49.9 Å². The lowest BCUT2D eigenvalue weighted by Crippen LogP contribution is -2.55. The molecule has 2 atom stereocenters. The average molecular weight is 214 g/mol. The van der Waals surface area contributed by atoms with Crippen LogP contribution in [0.3, 0.4) is 0 Å². The van der Waals surface area contributed by atoms with E-state index in [1.54, 1.807) is 0 Å². The number of hydrogen-bond acceptors (Lipinski definition) is 3. The van der Waals surface area contributed by atoms with Crippen molar-refractivity contribution in [3.8, 4) is 0 Å². The van der Waals surface area contributed by atoms with Crippen LogP contribution in [-0.4, -0.2) is 40.6 Å². The Balaban J connectivity index is 2.09. The molecule has 0 radical (unpaired) electrons. The second-order valence-electron chi connectivity index (χ2n) is 4.77. The minimum Gasteiger partial charge on any atom is -0.329 e. The van der Waals surface area contributed by atoms with Gasteiger partial charge in [0.1, 0.15) is 0 Å². The van der Waals surface area contributed by atoms with Gasteiger partial charge in [-0.1, -0.05) is 13.8 Å². The Morgan fingerprint density at radius 1 is 1.50 bits per heavy atom. The summed E-state index contributed by atoms with van der Waals surface area (Å²) in [7, 11) is 0. The van der Waals surface area contributed by atoms with Gasteiger partial charge in [-0.05, 0) is 25.8 Å². The van der Waals surface area contributed by atoms with Crippen LogP contribution in [0.25, 0.3) is 0 Å². The van der Waals surface area contributed by atoms with Gasteiger partial charge in [0.25, 0.3) is 0 Å². The normalized spacial score (nSPS) is 38.1. The summed E-state index contributed by atoms with van der Waals surface area (Å²) in [5, 5.41) is 0.798. The quantitative estimate of drug-likeness (QED) is 0.772. The van der Waals surface area contributed by atoms with Crippen molar-refractivity contribution in [2.75, 3.05) is 18.8 Å². The first-order valence-electron chi connectivity index (χ1n) is 5.80. The number of nitrogens with two attached hydrogens (primary N) is 1. The second kappa shape index (κ2) is 4.03. The molecule has 2 fully saturated rings. The van der Waals surface area contributed by atoms with Crippen LogP contribution in [0.1, 0.15) is 33.1 Å². The van der Waals surface area contributed by atoms with E-state index in [-0.39, 0.29) is 0 Å². The molecular formula is C11H22N2S. The van der Waals surface area contributed by atoms with E-state index in [9.17, 15) is 0 Å². The molecule has 1 saturated carbocycles. The van der Waals surface area contributed by atoms with E-state index < -0.39 is 0 Å². The number of thioether (sulfide) groups is 1. The lowest BCUT2D eigenvalue weighted by atomic mass is 9.93. The Bertz CT molecular complexity index is 205. The standard InChI is InChI=1S/C11H22N2S/c1-3-13(10-4-5-10)11(7-12)6-9(2)14-8-11/h9-10H,3-8,12H2,1-2H3. The third-order valence-corrected chi connectivity index (χ3v) is 5.06. The van der Waals surface area contributed by atoms with Crippen molar-refractivity contribution in [3.63, 3.8) is 0 Å². The van der Waals surface area contributed by atoms with Crippen LogP contribution in [0.5, 0.6) is 0 Å². The van der Waals surface area contributed by atoms with Crippen molar-refractivity contribution >= 4 is 11.8 Å². The van der Waals surface area contributed by atoms with E-state index in [1.807, 2.05) is 0 Å². The molecule has 1 aliphatic heterocycles. The van der Waals surface area contributed by atoms with Gasteiger partial charge in [0.2, 0.25) is 0 Å². The fourth-order valence-electron chi connectivity index (χ4n) is 2.78. The van der Waals surface area contributed by atoms with E-state index in [2.05, 4.69) is 30.5 Å².